The number of phenolic OH excluding ortho intramolecular Hbond substituents is 1. The first-order chi connectivity index (χ1) is 7.75. The molecule has 16 heavy (non-hydrogen) atoms. The molecule has 0 spiro atoms. The predicted octanol–water partition coefficient (Wildman–Crippen LogP) is 3.32. The number of hydrogen-bond acceptors (Lipinski definition) is 3. The van der Waals surface area contributed by atoms with Gasteiger partial charge in [-0.25, -0.2) is 0 Å². The molecule has 1 aromatic rings. The fraction of sp³-hybridized carbons (Fsp3) is 0.538. The van der Waals surface area contributed by atoms with Crippen LogP contribution in [-0.2, 0) is 0 Å². The second kappa shape index (κ2) is 6.99. The van der Waals surface area contributed by atoms with Gasteiger partial charge in [0, 0.05) is 0 Å². The number of unbranched alkanes of at least 4 members (excludes halogenated alkanes) is 4. The summed E-state index contributed by atoms with van der Waals surface area (Å²) < 4.78 is 5.51. The fourth-order valence-electron chi connectivity index (χ4n) is 1.55. The number of phenols is 1. The molecule has 0 saturated heterocycles. The van der Waals surface area contributed by atoms with Crippen LogP contribution in [-0.4, -0.2) is 11.7 Å². The molecule has 0 fully saturated rings. The van der Waals surface area contributed by atoms with E-state index in [1.165, 1.54) is 25.7 Å². The number of benzene rings is 1. The maximum atomic E-state index is 9.37. The minimum atomic E-state index is 0.0866. The predicted molar refractivity (Wildman–Crippen MR) is 66.8 cm³/mol. The number of hydrogen-bond donors (Lipinski definition) is 2. The molecule has 3 N–H and O–H groups in total. The van der Waals surface area contributed by atoms with Gasteiger partial charge in [0.2, 0.25) is 0 Å². The molecule has 0 unspecified atom stereocenters. The first-order valence-electron chi connectivity index (χ1n) is 5.96. The summed E-state index contributed by atoms with van der Waals surface area (Å²) in [5, 5.41) is 9.37. The first kappa shape index (κ1) is 12.7. The van der Waals surface area contributed by atoms with Gasteiger partial charge in [-0.15, -0.1) is 0 Å². The Morgan fingerprint density at radius 1 is 1.19 bits per heavy atom. The quantitative estimate of drug-likeness (QED) is 0.423. The van der Waals surface area contributed by atoms with Gasteiger partial charge in [-0.05, 0) is 18.6 Å². The number of ether oxygens (including phenoxy) is 1. The van der Waals surface area contributed by atoms with Gasteiger partial charge in [-0.1, -0.05) is 38.7 Å². The Morgan fingerprint density at radius 3 is 2.69 bits per heavy atom. The highest BCUT2D eigenvalue weighted by atomic mass is 16.5. The van der Waals surface area contributed by atoms with Crippen LogP contribution in [0.4, 0.5) is 5.69 Å². The summed E-state index contributed by atoms with van der Waals surface area (Å²) in [5.41, 5.74) is 6.00. The van der Waals surface area contributed by atoms with Crippen molar-refractivity contribution < 1.29 is 9.84 Å². The second-order valence-electron chi connectivity index (χ2n) is 3.95. The van der Waals surface area contributed by atoms with Crippen molar-refractivity contribution in [2.24, 2.45) is 0 Å². The van der Waals surface area contributed by atoms with Crippen molar-refractivity contribution in [1.29, 1.82) is 0 Å². The van der Waals surface area contributed by atoms with Gasteiger partial charge in [-0.2, -0.15) is 0 Å². The second-order valence-corrected chi connectivity index (χ2v) is 3.95. The van der Waals surface area contributed by atoms with Crippen LogP contribution >= 0.6 is 0 Å². The number of nitrogen functional groups attached to an aromatic ring is 1. The fourth-order valence-corrected chi connectivity index (χ4v) is 1.55. The van der Waals surface area contributed by atoms with Gasteiger partial charge in [0.15, 0.2) is 0 Å². The van der Waals surface area contributed by atoms with E-state index in [0.717, 1.165) is 6.42 Å². The summed E-state index contributed by atoms with van der Waals surface area (Å²) in [6.45, 7) is 2.86. The monoisotopic (exact) mass is 223 g/mol. The van der Waals surface area contributed by atoms with E-state index < -0.39 is 0 Å². The number of aromatic hydroxyl groups is 1. The average molecular weight is 223 g/mol. The van der Waals surface area contributed by atoms with Crippen molar-refractivity contribution in [3.63, 3.8) is 0 Å². The zero-order chi connectivity index (χ0) is 11.8. The first-order valence-corrected chi connectivity index (χ1v) is 5.96. The minimum absolute atomic E-state index is 0.0866. The highest BCUT2D eigenvalue weighted by Crippen LogP contribution is 2.29. The van der Waals surface area contributed by atoms with Crippen LogP contribution in [0.15, 0.2) is 18.2 Å². The van der Waals surface area contributed by atoms with Gasteiger partial charge in [-0.3, -0.25) is 0 Å². The molecule has 0 atom stereocenters. The van der Waals surface area contributed by atoms with Crippen LogP contribution in [0.3, 0.4) is 0 Å². The Labute approximate surface area is 97.2 Å². The molecule has 0 aliphatic rings. The van der Waals surface area contributed by atoms with Crippen LogP contribution in [0.1, 0.15) is 39.0 Å². The summed E-state index contributed by atoms with van der Waals surface area (Å²) in [6.07, 6.45) is 6.02. The van der Waals surface area contributed by atoms with Crippen molar-refractivity contribution in [2.75, 3.05) is 12.3 Å². The highest BCUT2D eigenvalue weighted by molar-refractivity contribution is 5.61. The van der Waals surface area contributed by atoms with E-state index in [0.29, 0.717) is 18.0 Å². The van der Waals surface area contributed by atoms with E-state index in [1.54, 1.807) is 18.2 Å². The molecule has 3 nitrogen and oxygen atoms in total. The van der Waals surface area contributed by atoms with E-state index in [9.17, 15) is 5.11 Å². The van der Waals surface area contributed by atoms with Crippen molar-refractivity contribution in [3.05, 3.63) is 18.2 Å². The van der Waals surface area contributed by atoms with Gasteiger partial charge in [0.25, 0.3) is 0 Å². The van der Waals surface area contributed by atoms with Crippen molar-refractivity contribution >= 4 is 5.69 Å². The van der Waals surface area contributed by atoms with Gasteiger partial charge in [0.05, 0.1) is 6.61 Å². The zero-order valence-electron chi connectivity index (χ0n) is 9.91. The molecule has 0 aromatic heterocycles. The topological polar surface area (TPSA) is 55.5 Å². The largest absolute Gasteiger partial charge is 0.506 e. The minimum Gasteiger partial charge on any atom is -0.506 e. The Morgan fingerprint density at radius 2 is 1.94 bits per heavy atom. The molecule has 0 radical (unpaired) electrons. The SMILES string of the molecule is CCCCCCCOc1cccc(O)c1N. The lowest BCUT2D eigenvalue weighted by Gasteiger charge is -2.09. The highest BCUT2D eigenvalue weighted by Gasteiger charge is 2.03. The molecule has 0 heterocycles. The Balaban J connectivity index is 2.24. The van der Waals surface area contributed by atoms with E-state index in [-0.39, 0.29) is 5.75 Å². The molecule has 0 amide bonds. The number of para-hydroxylation sites is 1. The lowest BCUT2D eigenvalue weighted by atomic mass is 10.2. The lowest BCUT2D eigenvalue weighted by Crippen LogP contribution is -2.00. The van der Waals surface area contributed by atoms with E-state index >= 15 is 0 Å². The number of nitrogens with two attached hydrogens (primary N) is 1. The standard InChI is InChI=1S/C13H21NO2/c1-2-3-4-5-6-10-16-12-9-7-8-11(15)13(12)14/h7-9,15H,2-6,10,14H2,1H3. The smallest absolute Gasteiger partial charge is 0.145 e. The average Bonchev–Trinajstić information content (AvgIpc) is 2.29. The number of rotatable bonds is 7. The normalized spacial score (nSPS) is 10.3. The third-order valence-corrected chi connectivity index (χ3v) is 2.55. The van der Waals surface area contributed by atoms with Crippen LogP contribution in [0, 0.1) is 0 Å². The lowest BCUT2D eigenvalue weighted by molar-refractivity contribution is 0.305. The van der Waals surface area contributed by atoms with Gasteiger partial charge < -0.3 is 15.6 Å². The Hall–Kier alpha value is -1.38. The molecule has 1 aromatic carbocycles. The summed E-state index contributed by atoms with van der Waals surface area (Å²) in [7, 11) is 0. The van der Waals surface area contributed by atoms with E-state index in [4.69, 9.17) is 10.5 Å². The summed E-state index contributed by atoms with van der Waals surface area (Å²) >= 11 is 0. The van der Waals surface area contributed by atoms with Crippen LogP contribution in [0.5, 0.6) is 11.5 Å². The van der Waals surface area contributed by atoms with Crippen molar-refractivity contribution in [1.82, 2.24) is 0 Å². The van der Waals surface area contributed by atoms with Crippen LogP contribution < -0.4 is 10.5 Å². The van der Waals surface area contributed by atoms with Crippen molar-refractivity contribution in [3.8, 4) is 11.5 Å². The summed E-state index contributed by atoms with van der Waals surface area (Å²) in [4.78, 5) is 0. The van der Waals surface area contributed by atoms with Gasteiger partial charge >= 0.3 is 0 Å². The molecule has 90 valence electrons. The molecule has 0 aliphatic carbocycles. The van der Waals surface area contributed by atoms with Crippen LogP contribution in [0.25, 0.3) is 0 Å². The molecule has 0 bridgehead atoms. The molecule has 3 heteroatoms. The summed E-state index contributed by atoms with van der Waals surface area (Å²) in [5.74, 6) is 0.666. The zero-order valence-corrected chi connectivity index (χ0v) is 9.91. The number of anilines is 1. The third-order valence-electron chi connectivity index (χ3n) is 2.55. The molecule has 0 aliphatic heterocycles. The molecule has 0 saturated carbocycles. The Kier molecular flexibility index (Phi) is 5.54. The summed E-state index contributed by atoms with van der Waals surface area (Å²) in [6, 6.07) is 5.07. The van der Waals surface area contributed by atoms with E-state index in [1.807, 2.05) is 0 Å². The maximum Gasteiger partial charge on any atom is 0.145 e. The third kappa shape index (κ3) is 4.01. The molecule has 1 rings (SSSR count). The van der Waals surface area contributed by atoms with Crippen LogP contribution in [0.2, 0.25) is 0 Å². The molecular formula is C13H21NO2. The molecular weight excluding hydrogens is 202 g/mol. The Bertz CT molecular complexity index is 313. The van der Waals surface area contributed by atoms with Gasteiger partial charge in [0.1, 0.15) is 17.2 Å². The maximum absolute atomic E-state index is 9.37. The van der Waals surface area contributed by atoms with E-state index in [2.05, 4.69) is 6.92 Å². The van der Waals surface area contributed by atoms with Crippen molar-refractivity contribution in [2.45, 2.75) is 39.0 Å².